The van der Waals surface area contributed by atoms with Crippen LogP contribution >= 0.6 is 0 Å². The summed E-state index contributed by atoms with van der Waals surface area (Å²) in [5, 5.41) is 2.58. The molecule has 8 aromatic carbocycles. The van der Waals surface area contributed by atoms with Gasteiger partial charge in [-0.05, 0) is 106 Å². The molecular formula is C52H38N2. The van der Waals surface area contributed by atoms with Crippen LogP contribution < -0.4 is 4.90 Å². The molecule has 0 amide bonds. The molecule has 1 aliphatic carbocycles. The van der Waals surface area contributed by atoms with Gasteiger partial charge in [0.15, 0.2) is 0 Å². The molecule has 0 saturated carbocycles. The van der Waals surface area contributed by atoms with E-state index < -0.39 is 0 Å². The highest BCUT2D eigenvalue weighted by atomic mass is 15.1. The summed E-state index contributed by atoms with van der Waals surface area (Å²) in [5.74, 6) is 0. The van der Waals surface area contributed by atoms with Gasteiger partial charge < -0.3 is 9.47 Å². The van der Waals surface area contributed by atoms with Gasteiger partial charge in [0.1, 0.15) is 0 Å². The molecule has 2 heteroatoms. The van der Waals surface area contributed by atoms with Crippen molar-refractivity contribution in [3.05, 3.63) is 211 Å². The second-order valence-electron chi connectivity index (χ2n) is 14.1. The lowest BCUT2D eigenvalue weighted by Gasteiger charge is -2.26. The number of hydrogen-bond donors (Lipinski definition) is 0. The number of rotatable bonds is 7. The number of benzene rings is 8. The van der Waals surface area contributed by atoms with Crippen molar-refractivity contribution in [2.75, 3.05) is 4.90 Å². The predicted molar refractivity (Wildman–Crippen MR) is 229 cm³/mol. The fourth-order valence-corrected chi connectivity index (χ4v) is 8.18. The molecule has 1 heterocycles. The highest BCUT2D eigenvalue weighted by Gasteiger charge is 2.19. The number of anilines is 3. The van der Waals surface area contributed by atoms with Gasteiger partial charge >= 0.3 is 0 Å². The van der Waals surface area contributed by atoms with E-state index in [4.69, 9.17) is 0 Å². The number of nitrogens with zero attached hydrogens (tertiary/aromatic N) is 2. The first-order valence-corrected chi connectivity index (χ1v) is 18.8. The van der Waals surface area contributed by atoms with Crippen molar-refractivity contribution in [3.8, 4) is 39.1 Å². The maximum Gasteiger partial charge on any atom is 0.0616 e. The van der Waals surface area contributed by atoms with E-state index in [1.807, 2.05) is 0 Å². The Bertz CT molecular complexity index is 2770. The lowest BCUT2D eigenvalue weighted by Crippen LogP contribution is -2.10. The molecule has 2 nitrogen and oxygen atoms in total. The third kappa shape index (κ3) is 5.70. The van der Waals surface area contributed by atoms with Gasteiger partial charge in [0, 0.05) is 39.1 Å². The van der Waals surface area contributed by atoms with Gasteiger partial charge in [-0.15, -0.1) is 0 Å². The summed E-state index contributed by atoms with van der Waals surface area (Å²) in [6.07, 6.45) is 6.82. The third-order valence-corrected chi connectivity index (χ3v) is 10.9. The first-order valence-electron chi connectivity index (χ1n) is 18.8. The molecule has 1 aromatic heterocycles. The summed E-state index contributed by atoms with van der Waals surface area (Å²) < 4.78 is 2.46. The first kappa shape index (κ1) is 31.8. The standard InChI is InChI=1S/C52H38N2/c1-3-12-37(13-4-1)39-22-24-40(25-23-39)41-26-29-44(30-27-41)53(47-18-11-17-43(36-47)38-14-5-2-6-15-38)45-31-33-46(34-32-45)54-51-21-10-9-20-49(51)50-35-28-42-16-7-8-19-48(42)52(50)54/h1-6,8-15,17-36H,7,16H2. The normalized spacial score (nSPS) is 12.2. The van der Waals surface area contributed by atoms with Crippen LogP contribution in [0.1, 0.15) is 17.5 Å². The SMILES string of the molecule is C1=Cc2c(ccc3c4ccccc4n(-c4ccc(N(c5ccc(-c6ccc(-c7ccccc7)cc6)cc5)c5cccc(-c6ccccc6)c5)cc4)c23)CC1. The fraction of sp³-hybridized carbons (Fsp3) is 0.0385. The molecule has 256 valence electrons. The van der Waals surface area contributed by atoms with Gasteiger partial charge in [0.05, 0.1) is 11.0 Å². The van der Waals surface area contributed by atoms with E-state index in [-0.39, 0.29) is 0 Å². The van der Waals surface area contributed by atoms with Crippen LogP contribution in [0, 0.1) is 0 Å². The van der Waals surface area contributed by atoms with E-state index in [9.17, 15) is 0 Å². The van der Waals surface area contributed by atoms with Crippen molar-refractivity contribution in [2.45, 2.75) is 12.8 Å². The number of hydrogen-bond acceptors (Lipinski definition) is 1. The van der Waals surface area contributed by atoms with Gasteiger partial charge in [0.2, 0.25) is 0 Å². The van der Waals surface area contributed by atoms with Gasteiger partial charge in [0.25, 0.3) is 0 Å². The number of allylic oxidation sites excluding steroid dienone is 1. The van der Waals surface area contributed by atoms with Crippen LogP contribution in [0.25, 0.3) is 66.9 Å². The Hall–Kier alpha value is -6.90. The quantitative estimate of drug-likeness (QED) is 0.162. The Morgan fingerprint density at radius 2 is 0.963 bits per heavy atom. The van der Waals surface area contributed by atoms with E-state index in [1.165, 1.54) is 66.3 Å². The summed E-state index contributed by atoms with van der Waals surface area (Å²) in [6, 6.07) is 70.4. The minimum atomic E-state index is 1.08. The molecule has 0 saturated heterocycles. The van der Waals surface area contributed by atoms with Crippen LogP contribution in [-0.2, 0) is 6.42 Å². The summed E-state index contributed by atoms with van der Waals surface area (Å²) in [4.78, 5) is 2.37. The molecule has 1 aliphatic rings. The monoisotopic (exact) mass is 690 g/mol. The molecule has 0 aliphatic heterocycles. The molecule has 0 radical (unpaired) electrons. The highest BCUT2D eigenvalue weighted by Crippen LogP contribution is 2.41. The lowest BCUT2D eigenvalue weighted by molar-refractivity contribution is 0.986. The fourth-order valence-electron chi connectivity index (χ4n) is 8.18. The number of fused-ring (bicyclic) bond motifs is 5. The summed E-state index contributed by atoms with van der Waals surface area (Å²) in [6.45, 7) is 0. The molecule has 10 rings (SSSR count). The Morgan fingerprint density at radius 3 is 1.65 bits per heavy atom. The Kier molecular flexibility index (Phi) is 8.00. The summed E-state index contributed by atoms with van der Waals surface area (Å²) in [5.41, 5.74) is 17.0. The summed E-state index contributed by atoms with van der Waals surface area (Å²) in [7, 11) is 0. The average Bonchev–Trinajstić information content (AvgIpc) is 3.60. The zero-order valence-corrected chi connectivity index (χ0v) is 29.9. The Morgan fingerprint density at radius 1 is 0.407 bits per heavy atom. The predicted octanol–water partition coefficient (Wildman–Crippen LogP) is 14.2. The van der Waals surface area contributed by atoms with Crippen molar-refractivity contribution in [3.63, 3.8) is 0 Å². The van der Waals surface area contributed by atoms with Crippen molar-refractivity contribution in [1.82, 2.24) is 4.57 Å². The van der Waals surface area contributed by atoms with Crippen molar-refractivity contribution in [2.24, 2.45) is 0 Å². The van der Waals surface area contributed by atoms with Gasteiger partial charge in [-0.1, -0.05) is 152 Å². The van der Waals surface area contributed by atoms with Gasteiger partial charge in [-0.2, -0.15) is 0 Å². The number of aryl methyl sites for hydroxylation is 1. The second-order valence-corrected chi connectivity index (χ2v) is 14.1. The largest absolute Gasteiger partial charge is 0.310 e. The minimum absolute atomic E-state index is 1.08. The molecule has 0 bridgehead atoms. The van der Waals surface area contributed by atoms with Crippen LogP contribution in [0.3, 0.4) is 0 Å². The van der Waals surface area contributed by atoms with Gasteiger partial charge in [-0.3, -0.25) is 0 Å². The maximum absolute atomic E-state index is 2.46. The molecule has 0 N–H and O–H groups in total. The van der Waals surface area contributed by atoms with Crippen LogP contribution in [0.15, 0.2) is 200 Å². The van der Waals surface area contributed by atoms with E-state index in [1.54, 1.807) is 0 Å². The second kappa shape index (κ2) is 13.6. The topological polar surface area (TPSA) is 8.17 Å². The molecule has 0 spiro atoms. The first-order chi connectivity index (χ1) is 26.8. The van der Waals surface area contributed by atoms with Gasteiger partial charge in [-0.25, -0.2) is 0 Å². The Balaban J connectivity index is 1.06. The minimum Gasteiger partial charge on any atom is -0.310 e. The number of aromatic nitrogens is 1. The zero-order chi connectivity index (χ0) is 35.8. The van der Waals surface area contributed by atoms with E-state index in [0.29, 0.717) is 0 Å². The van der Waals surface area contributed by atoms with Crippen LogP contribution in [0.5, 0.6) is 0 Å². The molecular weight excluding hydrogens is 653 g/mol. The molecule has 54 heavy (non-hydrogen) atoms. The smallest absolute Gasteiger partial charge is 0.0616 e. The maximum atomic E-state index is 2.46. The van der Waals surface area contributed by atoms with Crippen molar-refractivity contribution >= 4 is 44.9 Å². The van der Waals surface area contributed by atoms with Crippen LogP contribution in [0.4, 0.5) is 17.1 Å². The van der Waals surface area contributed by atoms with E-state index in [0.717, 1.165) is 35.6 Å². The molecule has 9 aromatic rings. The van der Waals surface area contributed by atoms with Crippen molar-refractivity contribution in [1.29, 1.82) is 0 Å². The zero-order valence-electron chi connectivity index (χ0n) is 29.9. The molecule has 0 fully saturated rings. The number of para-hydroxylation sites is 1. The van der Waals surface area contributed by atoms with Crippen molar-refractivity contribution < 1.29 is 0 Å². The van der Waals surface area contributed by atoms with Crippen LogP contribution in [-0.4, -0.2) is 4.57 Å². The highest BCUT2D eigenvalue weighted by molar-refractivity contribution is 6.12. The Labute approximate surface area is 316 Å². The third-order valence-electron chi connectivity index (χ3n) is 10.9. The van der Waals surface area contributed by atoms with E-state index >= 15 is 0 Å². The van der Waals surface area contributed by atoms with Crippen LogP contribution in [0.2, 0.25) is 0 Å². The molecule has 0 atom stereocenters. The average molecular weight is 691 g/mol. The van der Waals surface area contributed by atoms with E-state index in [2.05, 4.69) is 216 Å². The summed E-state index contributed by atoms with van der Waals surface area (Å²) >= 11 is 0. The molecule has 0 unspecified atom stereocenters. The lowest BCUT2D eigenvalue weighted by atomic mass is 9.95.